The molecular weight excluding hydrogens is 392 g/mol. The fourth-order valence-electron chi connectivity index (χ4n) is 4.16. The van der Waals surface area contributed by atoms with Crippen LogP contribution >= 0.6 is 15.9 Å². The summed E-state index contributed by atoms with van der Waals surface area (Å²) in [6.07, 6.45) is 6.76. The van der Waals surface area contributed by atoms with Gasteiger partial charge in [-0.15, -0.1) is 10.2 Å². The molecule has 0 saturated carbocycles. The minimum absolute atomic E-state index is 0.246. The summed E-state index contributed by atoms with van der Waals surface area (Å²) in [7, 11) is 2.17. The topological polar surface area (TPSA) is 61.3 Å². The fourth-order valence-corrected chi connectivity index (χ4v) is 4.51. The number of aromatic nitrogens is 2. The molecule has 1 saturated heterocycles. The summed E-state index contributed by atoms with van der Waals surface area (Å²) in [5.74, 6) is 1.19. The molecule has 2 N–H and O–H groups in total. The average molecular weight is 417 g/mol. The number of fused-ring (bicyclic) bond motifs is 1. The van der Waals surface area contributed by atoms with Crippen molar-refractivity contribution in [3.05, 3.63) is 33.8 Å². The maximum atomic E-state index is 10.4. The maximum absolute atomic E-state index is 10.4. The van der Waals surface area contributed by atoms with Crippen molar-refractivity contribution in [2.75, 3.05) is 25.5 Å². The number of anilines is 1. The van der Waals surface area contributed by atoms with Gasteiger partial charge in [-0.2, -0.15) is 0 Å². The Morgan fingerprint density at radius 1 is 1.15 bits per heavy atom. The van der Waals surface area contributed by atoms with Crippen LogP contribution in [0.15, 0.2) is 22.7 Å². The molecule has 26 heavy (non-hydrogen) atoms. The van der Waals surface area contributed by atoms with Gasteiger partial charge in [0, 0.05) is 28.2 Å². The van der Waals surface area contributed by atoms with Crippen molar-refractivity contribution < 1.29 is 5.11 Å². The first-order valence-electron chi connectivity index (χ1n) is 9.44. The van der Waals surface area contributed by atoms with Gasteiger partial charge >= 0.3 is 0 Å². The molecule has 0 unspecified atom stereocenters. The third-order valence-corrected chi connectivity index (χ3v) is 5.96. The van der Waals surface area contributed by atoms with Crippen LogP contribution in [-0.2, 0) is 12.8 Å². The molecule has 1 aliphatic heterocycles. The van der Waals surface area contributed by atoms with E-state index in [9.17, 15) is 5.11 Å². The lowest BCUT2D eigenvalue weighted by Gasteiger charge is -2.31. The first kappa shape index (κ1) is 17.7. The Morgan fingerprint density at radius 2 is 1.96 bits per heavy atom. The number of likely N-dealkylation sites (tertiary alicyclic amines) is 1. The quantitative estimate of drug-likeness (QED) is 0.791. The van der Waals surface area contributed by atoms with Crippen molar-refractivity contribution in [1.82, 2.24) is 15.1 Å². The van der Waals surface area contributed by atoms with Gasteiger partial charge in [0.15, 0.2) is 5.82 Å². The highest BCUT2D eigenvalue weighted by atomic mass is 79.9. The molecule has 138 valence electrons. The zero-order valence-corrected chi connectivity index (χ0v) is 16.7. The molecule has 1 fully saturated rings. The van der Waals surface area contributed by atoms with Gasteiger partial charge < -0.3 is 15.3 Å². The Labute approximate surface area is 163 Å². The SMILES string of the molecule is CN1CCC[C@@H](Nc2nnc(-c3ccc(Br)cc3O)c3c2CCCC3)C1. The molecule has 2 aliphatic rings. The molecule has 1 aromatic heterocycles. The second kappa shape index (κ2) is 7.53. The van der Waals surface area contributed by atoms with Crippen LogP contribution in [0.3, 0.4) is 0 Å². The number of nitrogens with one attached hydrogen (secondary N) is 1. The van der Waals surface area contributed by atoms with Crippen LogP contribution in [0.4, 0.5) is 5.82 Å². The van der Waals surface area contributed by atoms with Crippen LogP contribution in [0.25, 0.3) is 11.3 Å². The molecule has 4 rings (SSSR count). The van der Waals surface area contributed by atoms with Gasteiger partial charge in [0.05, 0.1) is 0 Å². The molecule has 2 heterocycles. The zero-order chi connectivity index (χ0) is 18.1. The van der Waals surface area contributed by atoms with Gasteiger partial charge in [0.1, 0.15) is 11.4 Å². The highest BCUT2D eigenvalue weighted by Crippen LogP contribution is 2.37. The molecule has 0 bridgehead atoms. The van der Waals surface area contributed by atoms with E-state index < -0.39 is 0 Å². The van der Waals surface area contributed by atoms with Crippen molar-refractivity contribution in [2.45, 2.75) is 44.6 Å². The molecule has 2 aromatic rings. The molecule has 1 aliphatic carbocycles. The van der Waals surface area contributed by atoms with E-state index in [0.29, 0.717) is 6.04 Å². The van der Waals surface area contributed by atoms with E-state index in [2.05, 4.69) is 43.4 Å². The number of piperidine rings is 1. The molecule has 0 spiro atoms. The third kappa shape index (κ3) is 3.58. The van der Waals surface area contributed by atoms with Crippen LogP contribution in [0.1, 0.15) is 36.8 Å². The van der Waals surface area contributed by atoms with Gasteiger partial charge in [0.25, 0.3) is 0 Å². The number of phenols is 1. The Kier molecular flexibility index (Phi) is 5.14. The monoisotopic (exact) mass is 416 g/mol. The van der Waals surface area contributed by atoms with Crippen molar-refractivity contribution in [3.8, 4) is 17.0 Å². The van der Waals surface area contributed by atoms with Crippen molar-refractivity contribution >= 4 is 21.7 Å². The van der Waals surface area contributed by atoms with Crippen molar-refractivity contribution in [3.63, 3.8) is 0 Å². The molecule has 1 atom stereocenters. The highest BCUT2D eigenvalue weighted by Gasteiger charge is 2.24. The normalized spacial score (nSPS) is 20.6. The van der Waals surface area contributed by atoms with Crippen molar-refractivity contribution in [2.24, 2.45) is 0 Å². The van der Waals surface area contributed by atoms with Crippen LogP contribution in [-0.4, -0.2) is 46.4 Å². The molecule has 0 radical (unpaired) electrons. The number of hydrogen-bond donors (Lipinski definition) is 2. The number of halogens is 1. The summed E-state index contributed by atoms with van der Waals surface area (Å²) >= 11 is 3.41. The Morgan fingerprint density at radius 3 is 2.73 bits per heavy atom. The summed E-state index contributed by atoms with van der Waals surface area (Å²) in [5.41, 5.74) is 4.13. The third-order valence-electron chi connectivity index (χ3n) is 5.47. The number of aromatic hydroxyl groups is 1. The van der Waals surface area contributed by atoms with E-state index in [-0.39, 0.29) is 5.75 Å². The van der Waals surface area contributed by atoms with Crippen LogP contribution in [0.2, 0.25) is 0 Å². The minimum Gasteiger partial charge on any atom is -0.507 e. The predicted octanol–water partition coefficient (Wildman–Crippen LogP) is 4.00. The Hall–Kier alpha value is -1.66. The van der Waals surface area contributed by atoms with E-state index in [1.165, 1.54) is 36.9 Å². The number of rotatable bonds is 3. The second-order valence-corrected chi connectivity index (χ2v) is 8.38. The summed E-state index contributed by atoms with van der Waals surface area (Å²) in [6.45, 7) is 2.22. The lowest BCUT2D eigenvalue weighted by molar-refractivity contribution is 0.260. The Bertz CT molecular complexity index is 811. The lowest BCUT2D eigenvalue weighted by atomic mass is 9.89. The van der Waals surface area contributed by atoms with E-state index in [1.54, 1.807) is 6.07 Å². The second-order valence-electron chi connectivity index (χ2n) is 7.47. The molecule has 1 aromatic carbocycles. The zero-order valence-electron chi connectivity index (χ0n) is 15.1. The smallest absolute Gasteiger partial charge is 0.152 e. The number of hydrogen-bond acceptors (Lipinski definition) is 5. The standard InChI is InChI=1S/C20H25BrN4O/c1-25-10-4-5-14(12-25)22-20-16-7-3-2-6-15(16)19(23-24-20)17-9-8-13(21)11-18(17)26/h8-9,11,14,26H,2-7,10,12H2,1H3,(H,22,24)/t14-/m1/s1. The summed E-state index contributed by atoms with van der Waals surface area (Å²) in [4.78, 5) is 2.37. The van der Waals surface area contributed by atoms with E-state index in [4.69, 9.17) is 0 Å². The molecule has 6 heteroatoms. The summed E-state index contributed by atoms with van der Waals surface area (Å²) in [6, 6.07) is 6.01. The van der Waals surface area contributed by atoms with E-state index in [1.807, 2.05) is 12.1 Å². The van der Waals surface area contributed by atoms with Gasteiger partial charge in [-0.3, -0.25) is 0 Å². The van der Waals surface area contributed by atoms with E-state index in [0.717, 1.165) is 47.4 Å². The summed E-state index contributed by atoms with van der Waals surface area (Å²) < 4.78 is 0.861. The maximum Gasteiger partial charge on any atom is 0.152 e. The van der Waals surface area contributed by atoms with Crippen LogP contribution in [0, 0.1) is 0 Å². The number of phenolic OH excluding ortho intramolecular Hbond substituents is 1. The van der Waals surface area contributed by atoms with Gasteiger partial charge in [0.2, 0.25) is 0 Å². The molecule has 5 nitrogen and oxygen atoms in total. The number of benzene rings is 1. The highest BCUT2D eigenvalue weighted by molar-refractivity contribution is 9.10. The fraction of sp³-hybridized carbons (Fsp3) is 0.500. The first-order valence-corrected chi connectivity index (χ1v) is 10.2. The minimum atomic E-state index is 0.246. The van der Waals surface area contributed by atoms with E-state index >= 15 is 0 Å². The molecular formula is C20H25BrN4O. The Balaban J connectivity index is 1.70. The number of likely N-dealkylation sites (N-methyl/N-ethyl adjacent to an activating group) is 1. The van der Waals surface area contributed by atoms with Gasteiger partial charge in [-0.1, -0.05) is 15.9 Å². The van der Waals surface area contributed by atoms with Crippen LogP contribution < -0.4 is 5.32 Å². The summed E-state index contributed by atoms with van der Waals surface area (Å²) in [5, 5.41) is 23.1. The molecule has 0 amide bonds. The predicted molar refractivity (Wildman–Crippen MR) is 108 cm³/mol. The number of nitrogens with zero attached hydrogens (tertiary/aromatic N) is 3. The van der Waals surface area contributed by atoms with Crippen molar-refractivity contribution in [1.29, 1.82) is 0 Å². The average Bonchev–Trinajstić information content (AvgIpc) is 2.63. The lowest BCUT2D eigenvalue weighted by Crippen LogP contribution is -2.40. The van der Waals surface area contributed by atoms with Gasteiger partial charge in [-0.05, 0) is 75.9 Å². The largest absolute Gasteiger partial charge is 0.507 e. The first-order chi connectivity index (χ1) is 12.6. The van der Waals surface area contributed by atoms with Gasteiger partial charge in [-0.25, -0.2) is 0 Å². The van der Waals surface area contributed by atoms with Crippen LogP contribution in [0.5, 0.6) is 5.75 Å².